The first kappa shape index (κ1) is 17.4. The van der Waals surface area contributed by atoms with Gasteiger partial charge in [0.15, 0.2) is 0 Å². The summed E-state index contributed by atoms with van der Waals surface area (Å²) in [6, 6.07) is 0.145. The second-order valence-electron chi connectivity index (χ2n) is 7.61. The number of aliphatic hydroxyl groups is 1. The Morgan fingerprint density at radius 1 is 1.41 bits per heavy atom. The van der Waals surface area contributed by atoms with E-state index in [1.165, 1.54) is 4.31 Å². The molecule has 0 aliphatic carbocycles. The maximum absolute atomic E-state index is 12.5. The Morgan fingerprint density at radius 2 is 2.05 bits per heavy atom. The Balaban J connectivity index is 2.17. The molecule has 2 heterocycles. The highest BCUT2D eigenvalue weighted by Crippen LogP contribution is 2.33. The number of rotatable bonds is 4. The van der Waals surface area contributed by atoms with Crippen molar-refractivity contribution in [3.63, 3.8) is 0 Å². The largest absolute Gasteiger partial charge is 0.382 e. The first-order valence-corrected chi connectivity index (χ1v) is 9.16. The minimum atomic E-state index is -3.39. The molecule has 22 heavy (non-hydrogen) atoms. The van der Waals surface area contributed by atoms with Crippen LogP contribution in [0.3, 0.4) is 0 Å². The number of hydrogen-bond acceptors (Lipinski definition) is 5. The van der Waals surface area contributed by atoms with E-state index in [4.69, 9.17) is 0 Å². The summed E-state index contributed by atoms with van der Waals surface area (Å²) in [7, 11) is -3.39. The van der Waals surface area contributed by atoms with Gasteiger partial charge in [-0.2, -0.15) is 4.31 Å². The third-order valence-corrected chi connectivity index (χ3v) is 6.07. The molecule has 1 fully saturated rings. The third kappa shape index (κ3) is 3.67. The molecule has 0 saturated carbocycles. The Morgan fingerprint density at radius 3 is 2.55 bits per heavy atom. The quantitative estimate of drug-likeness (QED) is 0.894. The molecule has 7 nitrogen and oxygen atoms in total. The Bertz CT molecular complexity index is 633. The zero-order chi connectivity index (χ0) is 16.8. The van der Waals surface area contributed by atoms with Crippen molar-refractivity contribution in [3.05, 3.63) is 11.9 Å². The topological polar surface area (TPSA) is 88.3 Å². The minimum Gasteiger partial charge on any atom is -0.382 e. The summed E-state index contributed by atoms with van der Waals surface area (Å²) in [5.41, 5.74) is -1.13. The number of β-amino-alcohol motifs (C(OH)–C–C–N with tert-alkyl or cyclic N) is 1. The van der Waals surface area contributed by atoms with Crippen molar-refractivity contribution in [1.29, 1.82) is 0 Å². The van der Waals surface area contributed by atoms with Gasteiger partial charge in [0.1, 0.15) is 11.3 Å². The van der Waals surface area contributed by atoms with Crippen molar-refractivity contribution in [1.82, 2.24) is 19.3 Å². The summed E-state index contributed by atoms with van der Waals surface area (Å²) < 4.78 is 27.9. The van der Waals surface area contributed by atoms with Crippen molar-refractivity contribution >= 4 is 10.0 Å². The van der Waals surface area contributed by atoms with Crippen LogP contribution in [-0.4, -0.2) is 51.7 Å². The Kier molecular flexibility index (Phi) is 4.40. The van der Waals surface area contributed by atoms with E-state index in [9.17, 15) is 13.5 Å². The van der Waals surface area contributed by atoms with Gasteiger partial charge in [-0.05, 0) is 25.7 Å². The monoisotopic (exact) mass is 330 g/mol. The minimum absolute atomic E-state index is 0.0439. The van der Waals surface area contributed by atoms with E-state index in [0.717, 1.165) is 0 Å². The van der Waals surface area contributed by atoms with Gasteiger partial charge >= 0.3 is 0 Å². The molecule has 0 spiro atoms. The molecule has 1 N–H and O–H groups in total. The zero-order valence-electron chi connectivity index (χ0n) is 13.9. The Labute approximate surface area is 132 Å². The normalized spacial score (nSPS) is 24.3. The standard InChI is InChI=1S/C14H26N4O3S/c1-11(2)18-8-12(15-16-18)14(19)6-7-17(9-14)22(20,21)10-13(3,4)5/h8,11,19H,6-7,9-10H2,1-5H3. The van der Waals surface area contributed by atoms with Crippen molar-refractivity contribution < 1.29 is 13.5 Å². The predicted molar refractivity (Wildman–Crippen MR) is 83.7 cm³/mol. The molecular formula is C14H26N4O3S. The summed E-state index contributed by atoms with van der Waals surface area (Å²) in [4.78, 5) is 0. The second kappa shape index (κ2) is 5.58. The molecule has 0 aromatic carbocycles. The zero-order valence-corrected chi connectivity index (χ0v) is 14.8. The molecule has 8 heteroatoms. The average molecular weight is 330 g/mol. The molecule has 0 radical (unpaired) electrons. The van der Waals surface area contributed by atoms with Gasteiger partial charge in [0, 0.05) is 19.1 Å². The summed E-state index contributed by atoms with van der Waals surface area (Å²) in [5.74, 6) is 0.0643. The SMILES string of the molecule is CC(C)n1cc(C2(O)CCN(S(=O)(=O)CC(C)(C)C)C2)nn1. The highest BCUT2D eigenvalue weighted by molar-refractivity contribution is 7.89. The maximum atomic E-state index is 12.5. The lowest BCUT2D eigenvalue weighted by atomic mass is 10.00. The third-order valence-electron chi connectivity index (χ3n) is 3.74. The van der Waals surface area contributed by atoms with E-state index < -0.39 is 15.6 Å². The van der Waals surface area contributed by atoms with Crippen molar-refractivity contribution in [3.8, 4) is 0 Å². The first-order chi connectivity index (χ1) is 9.93. The molecule has 2 rings (SSSR count). The van der Waals surface area contributed by atoms with Crippen molar-refractivity contribution in [2.75, 3.05) is 18.8 Å². The van der Waals surface area contributed by atoms with E-state index in [-0.39, 0.29) is 23.8 Å². The van der Waals surface area contributed by atoms with Crippen LogP contribution in [0.1, 0.15) is 52.8 Å². The number of nitrogens with zero attached hydrogens (tertiary/aromatic N) is 4. The fourth-order valence-electron chi connectivity index (χ4n) is 2.59. The van der Waals surface area contributed by atoms with Crippen LogP contribution in [-0.2, 0) is 15.6 Å². The summed E-state index contributed by atoms with van der Waals surface area (Å²) in [5, 5.41) is 18.8. The molecule has 0 amide bonds. The average Bonchev–Trinajstić information content (AvgIpc) is 2.92. The van der Waals surface area contributed by atoms with Crippen LogP contribution < -0.4 is 0 Å². The van der Waals surface area contributed by atoms with Crippen LogP contribution >= 0.6 is 0 Å². The van der Waals surface area contributed by atoms with Crippen LogP contribution in [0.2, 0.25) is 0 Å². The van der Waals surface area contributed by atoms with Crippen LogP contribution in [0, 0.1) is 5.41 Å². The van der Waals surface area contributed by atoms with Gasteiger partial charge in [-0.1, -0.05) is 26.0 Å². The van der Waals surface area contributed by atoms with Crippen molar-refractivity contribution in [2.24, 2.45) is 5.41 Å². The lowest BCUT2D eigenvalue weighted by molar-refractivity contribution is 0.0483. The molecule has 1 unspecified atom stereocenters. The summed E-state index contributed by atoms with van der Waals surface area (Å²) in [6.07, 6.45) is 2.04. The first-order valence-electron chi connectivity index (χ1n) is 7.55. The Hall–Kier alpha value is -0.990. The van der Waals surface area contributed by atoms with E-state index in [0.29, 0.717) is 18.7 Å². The highest BCUT2D eigenvalue weighted by atomic mass is 32.2. The van der Waals surface area contributed by atoms with Crippen LogP contribution in [0.25, 0.3) is 0 Å². The number of aromatic nitrogens is 3. The van der Waals surface area contributed by atoms with Gasteiger partial charge in [0.25, 0.3) is 0 Å². The lowest BCUT2D eigenvalue weighted by Gasteiger charge is -2.25. The molecule has 1 aliphatic rings. The fraction of sp³-hybridized carbons (Fsp3) is 0.857. The van der Waals surface area contributed by atoms with E-state index >= 15 is 0 Å². The second-order valence-corrected chi connectivity index (χ2v) is 9.58. The molecule has 126 valence electrons. The predicted octanol–water partition coefficient (Wildman–Crippen LogP) is 1.13. The molecular weight excluding hydrogens is 304 g/mol. The maximum Gasteiger partial charge on any atom is 0.214 e. The van der Waals surface area contributed by atoms with Gasteiger partial charge in [-0.3, -0.25) is 0 Å². The van der Waals surface area contributed by atoms with Gasteiger partial charge < -0.3 is 5.11 Å². The van der Waals surface area contributed by atoms with E-state index in [2.05, 4.69) is 10.3 Å². The van der Waals surface area contributed by atoms with Crippen LogP contribution in [0.5, 0.6) is 0 Å². The summed E-state index contributed by atoms with van der Waals surface area (Å²) >= 11 is 0. The highest BCUT2D eigenvalue weighted by Gasteiger charge is 2.45. The molecule has 1 aliphatic heterocycles. The lowest BCUT2D eigenvalue weighted by Crippen LogP contribution is -2.38. The van der Waals surface area contributed by atoms with E-state index in [1.807, 2.05) is 34.6 Å². The summed E-state index contributed by atoms with van der Waals surface area (Å²) in [6.45, 7) is 9.96. The molecule has 1 aromatic rings. The molecule has 0 bridgehead atoms. The molecule has 1 atom stereocenters. The number of sulfonamides is 1. The van der Waals surface area contributed by atoms with Gasteiger partial charge in [-0.15, -0.1) is 5.10 Å². The fourth-order valence-corrected chi connectivity index (χ4v) is 4.64. The van der Waals surface area contributed by atoms with E-state index in [1.54, 1.807) is 10.9 Å². The van der Waals surface area contributed by atoms with Crippen LogP contribution in [0.15, 0.2) is 6.20 Å². The van der Waals surface area contributed by atoms with Gasteiger partial charge in [0.2, 0.25) is 10.0 Å². The molecule has 1 aromatic heterocycles. The van der Waals surface area contributed by atoms with Gasteiger partial charge in [-0.25, -0.2) is 13.1 Å². The smallest absolute Gasteiger partial charge is 0.214 e. The molecule has 1 saturated heterocycles. The van der Waals surface area contributed by atoms with Crippen LogP contribution in [0.4, 0.5) is 0 Å². The van der Waals surface area contributed by atoms with Gasteiger partial charge in [0.05, 0.1) is 11.9 Å². The number of hydrogen-bond donors (Lipinski definition) is 1. The van der Waals surface area contributed by atoms with Crippen molar-refractivity contribution in [2.45, 2.75) is 52.7 Å².